The van der Waals surface area contributed by atoms with E-state index in [1.165, 1.54) is 0 Å². The SMILES string of the molecule is CC(C)(C)CC1(F)CCNCC1.Cl. The van der Waals surface area contributed by atoms with Crippen molar-refractivity contribution in [1.29, 1.82) is 0 Å². The number of rotatable bonds is 1. The Morgan fingerprint density at radius 3 is 2.08 bits per heavy atom. The van der Waals surface area contributed by atoms with Crippen LogP contribution >= 0.6 is 12.4 Å². The second-order valence-electron chi connectivity index (χ2n) is 5.14. The minimum atomic E-state index is -0.899. The van der Waals surface area contributed by atoms with Crippen molar-refractivity contribution in [3.8, 4) is 0 Å². The molecule has 3 heteroatoms. The van der Waals surface area contributed by atoms with E-state index in [0.29, 0.717) is 19.3 Å². The smallest absolute Gasteiger partial charge is 0.114 e. The molecule has 0 radical (unpaired) electrons. The monoisotopic (exact) mass is 209 g/mol. The Morgan fingerprint density at radius 1 is 1.23 bits per heavy atom. The van der Waals surface area contributed by atoms with Crippen molar-refractivity contribution in [1.82, 2.24) is 5.32 Å². The van der Waals surface area contributed by atoms with E-state index in [-0.39, 0.29) is 17.8 Å². The van der Waals surface area contributed by atoms with Gasteiger partial charge in [-0.15, -0.1) is 12.4 Å². The van der Waals surface area contributed by atoms with Gasteiger partial charge in [0.15, 0.2) is 0 Å². The molecule has 0 unspecified atom stereocenters. The fourth-order valence-electron chi connectivity index (χ4n) is 2.00. The summed E-state index contributed by atoms with van der Waals surface area (Å²) < 4.78 is 14.0. The molecule has 0 aromatic carbocycles. The lowest BCUT2D eigenvalue weighted by Gasteiger charge is -2.35. The van der Waals surface area contributed by atoms with Gasteiger partial charge >= 0.3 is 0 Å². The maximum Gasteiger partial charge on any atom is 0.114 e. The molecule has 0 amide bonds. The van der Waals surface area contributed by atoms with Crippen LogP contribution in [0.1, 0.15) is 40.0 Å². The molecule has 1 N–H and O–H groups in total. The second-order valence-corrected chi connectivity index (χ2v) is 5.14. The van der Waals surface area contributed by atoms with E-state index in [1.807, 2.05) is 0 Å². The molecule has 1 saturated heterocycles. The summed E-state index contributed by atoms with van der Waals surface area (Å²) in [4.78, 5) is 0. The van der Waals surface area contributed by atoms with Crippen molar-refractivity contribution in [2.45, 2.75) is 45.7 Å². The van der Waals surface area contributed by atoms with Crippen LogP contribution in [-0.2, 0) is 0 Å². The van der Waals surface area contributed by atoms with Crippen molar-refractivity contribution in [2.75, 3.05) is 13.1 Å². The summed E-state index contributed by atoms with van der Waals surface area (Å²) in [6.07, 6.45) is 2.07. The highest BCUT2D eigenvalue weighted by Crippen LogP contribution is 2.35. The molecule has 0 bridgehead atoms. The Kier molecular flexibility index (Phi) is 4.67. The van der Waals surface area contributed by atoms with Gasteiger partial charge in [0.1, 0.15) is 5.67 Å². The summed E-state index contributed by atoms with van der Waals surface area (Å²) in [6, 6.07) is 0. The summed E-state index contributed by atoms with van der Waals surface area (Å²) >= 11 is 0. The van der Waals surface area contributed by atoms with Gasteiger partial charge in [-0.3, -0.25) is 0 Å². The van der Waals surface area contributed by atoms with Gasteiger partial charge in [0.05, 0.1) is 0 Å². The molecule has 1 nitrogen and oxygen atoms in total. The van der Waals surface area contributed by atoms with Crippen LogP contribution in [0.3, 0.4) is 0 Å². The normalized spacial score (nSPS) is 22.2. The molecule has 0 aliphatic carbocycles. The average molecular weight is 210 g/mol. The van der Waals surface area contributed by atoms with E-state index >= 15 is 0 Å². The van der Waals surface area contributed by atoms with Crippen LogP contribution in [0.25, 0.3) is 0 Å². The maximum atomic E-state index is 14.0. The molecule has 0 atom stereocenters. The standard InChI is InChI=1S/C10H20FN.ClH/c1-9(2,3)8-10(11)4-6-12-7-5-10;/h12H,4-8H2,1-3H3;1H. The topological polar surface area (TPSA) is 12.0 Å². The molecule has 0 aromatic heterocycles. The minimum absolute atomic E-state index is 0. The summed E-state index contributed by atoms with van der Waals surface area (Å²) in [5.41, 5.74) is -0.782. The summed E-state index contributed by atoms with van der Waals surface area (Å²) in [6.45, 7) is 8.00. The fraction of sp³-hybridized carbons (Fsp3) is 1.00. The van der Waals surface area contributed by atoms with Crippen molar-refractivity contribution in [3.63, 3.8) is 0 Å². The molecule has 1 heterocycles. The fourth-order valence-corrected chi connectivity index (χ4v) is 2.00. The molecule has 0 saturated carbocycles. The molecule has 0 spiro atoms. The van der Waals surface area contributed by atoms with Crippen molar-refractivity contribution < 1.29 is 4.39 Å². The first kappa shape index (κ1) is 13.2. The van der Waals surface area contributed by atoms with E-state index in [0.717, 1.165) is 13.1 Å². The summed E-state index contributed by atoms with van der Waals surface area (Å²) in [5, 5.41) is 3.19. The molecule has 0 aromatic rings. The lowest BCUT2D eigenvalue weighted by atomic mass is 9.78. The zero-order chi connectivity index (χ0) is 9.24. The van der Waals surface area contributed by atoms with Gasteiger partial charge in [0.25, 0.3) is 0 Å². The first-order valence-electron chi connectivity index (χ1n) is 4.81. The molecular formula is C10H21ClFN. The number of hydrogen-bond acceptors (Lipinski definition) is 1. The summed E-state index contributed by atoms with van der Waals surface area (Å²) in [7, 11) is 0. The van der Waals surface area contributed by atoms with Gasteiger partial charge in [-0.2, -0.15) is 0 Å². The second kappa shape index (κ2) is 4.61. The predicted octanol–water partition coefficient (Wildman–Crippen LogP) is 2.94. The van der Waals surface area contributed by atoms with Crippen LogP contribution in [0.4, 0.5) is 4.39 Å². The highest BCUT2D eigenvalue weighted by atomic mass is 35.5. The van der Waals surface area contributed by atoms with Crippen molar-refractivity contribution >= 4 is 12.4 Å². The lowest BCUT2D eigenvalue weighted by Crippen LogP contribution is -2.40. The Balaban J connectivity index is 0.00000144. The number of nitrogens with one attached hydrogen (secondary N) is 1. The number of hydrogen-bond donors (Lipinski definition) is 1. The van der Waals surface area contributed by atoms with Crippen LogP contribution < -0.4 is 5.32 Å². The van der Waals surface area contributed by atoms with Gasteiger partial charge in [-0.25, -0.2) is 4.39 Å². The van der Waals surface area contributed by atoms with E-state index in [2.05, 4.69) is 26.1 Å². The highest BCUT2D eigenvalue weighted by molar-refractivity contribution is 5.85. The zero-order valence-corrected chi connectivity index (χ0v) is 9.64. The van der Waals surface area contributed by atoms with E-state index < -0.39 is 5.67 Å². The Morgan fingerprint density at radius 2 is 1.69 bits per heavy atom. The molecule has 13 heavy (non-hydrogen) atoms. The average Bonchev–Trinajstić information content (AvgIpc) is 1.83. The van der Waals surface area contributed by atoms with Crippen LogP contribution in [0.5, 0.6) is 0 Å². The minimum Gasteiger partial charge on any atom is -0.316 e. The maximum absolute atomic E-state index is 14.0. The van der Waals surface area contributed by atoms with Gasteiger partial charge in [0, 0.05) is 0 Å². The first-order chi connectivity index (χ1) is 5.41. The summed E-state index contributed by atoms with van der Waals surface area (Å²) in [5.74, 6) is 0. The largest absolute Gasteiger partial charge is 0.316 e. The van der Waals surface area contributed by atoms with Crippen LogP contribution in [0.15, 0.2) is 0 Å². The van der Waals surface area contributed by atoms with Crippen molar-refractivity contribution in [3.05, 3.63) is 0 Å². The van der Waals surface area contributed by atoms with Crippen LogP contribution in [0, 0.1) is 5.41 Å². The predicted molar refractivity (Wildman–Crippen MR) is 57.3 cm³/mol. The lowest BCUT2D eigenvalue weighted by molar-refractivity contribution is 0.0646. The Bertz CT molecular complexity index is 147. The Hall–Kier alpha value is 0.180. The molecule has 1 fully saturated rings. The number of piperidine rings is 1. The van der Waals surface area contributed by atoms with E-state index in [1.54, 1.807) is 0 Å². The van der Waals surface area contributed by atoms with Gasteiger partial charge < -0.3 is 5.32 Å². The number of halogens is 2. The quantitative estimate of drug-likeness (QED) is 0.701. The number of alkyl halides is 1. The molecule has 1 aliphatic heterocycles. The van der Waals surface area contributed by atoms with E-state index in [9.17, 15) is 4.39 Å². The third-order valence-electron chi connectivity index (χ3n) is 2.35. The van der Waals surface area contributed by atoms with Crippen molar-refractivity contribution in [2.24, 2.45) is 5.41 Å². The van der Waals surface area contributed by atoms with Gasteiger partial charge in [0.2, 0.25) is 0 Å². The molecule has 1 aliphatic rings. The van der Waals surface area contributed by atoms with Crippen LogP contribution in [-0.4, -0.2) is 18.8 Å². The Labute approximate surface area is 86.9 Å². The molecule has 80 valence electrons. The molecule has 1 rings (SSSR count). The van der Waals surface area contributed by atoms with Gasteiger partial charge in [-0.1, -0.05) is 20.8 Å². The van der Waals surface area contributed by atoms with Gasteiger partial charge in [-0.05, 0) is 37.8 Å². The van der Waals surface area contributed by atoms with E-state index in [4.69, 9.17) is 0 Å². The molecular weight excluding hydrogens is 189 g/mol. The highest BCUT2D eigenvalue weighted by Gasteiger charge is 2.35. The third-order valence-corrected chi connectivity index (χ3v) is 2.35. The van der Waals surface area contributed by atoms with Crippen LogP contribution in [0.2, 0.25) is 0 Å². The third kappa shape index (κ3) is 4.82. The zero-order valence-electron chi connectivity index (χ0n) is 8.82. The first-order valence-corrected chi connectivity index (χ1v) is 4.81.